The Morgan fingerprint density at radius 2 is 2.21 bits per heavy atom. The highest BCUT2D eigenvalue weighted by molar-refractivity contribution is 5.78. The minimum absolute atomic E-state index is 0.308. The summed E-state index contributed by atoms with van der Waals surface area (Å²) in [5, 5.41) is 4.46. The molecule has 0 aromatic carbocycles. The summed E-state index contributed by atoms with van der Waals surface area (Å²) in [5.41, 5.74) is 2.33. The molecule has 0 fully saturated rings. The van der Waals surface area contributed by atoms with Crippen LogP contribution in [0.5, 0.6) is 0 Å². The molecule has 0 saturated carbocycles. The fraction of sp³-hybridized carbons (Fsp3) is 0.636. The Hall–Kier alpha value is -1.12. The van der Waals surface area contributed by atoms with Gasteiger partial charge in [-0.15, -0.1) is 0 Å². The van der Waals surface area contributed by atoms with Gasteiger partial charge in [0.15, 0.2) is 5.78 Å². The number of carbonyl (C=O) groups excluding carboxylic acids is 1. The molecule has 0 saturated heterocycles. The number of carbonyl (C=O) groups is 1. The predicted molar refractivity (Wildman–Crippen MR) is 54.3 cm³/mol. The highest BCUT2D eigenvalue weighted by atomic mass is 16.1. The zero-order valence-corrected chi connectivity index (χ0v) is 8.79. The maximum atomic E-state index is 11.4. The number of aromatic nitrogens is 2. The summed E-state index contributed by atoms with van der Waals surface area (Å²) >= 11 is 0. The van der Waals surface area contributed by atoms with Crippen LogP contribution in [0.15, 0.2) is 6.07 Å². The van der Waals surface area contributed by atoms with Crippen LogP contribution in [0.2, 0.25) is 0 Å². The van der Waals surface area contributed by atoms with Crippen molar-refractivity contribution in [3.8, 4) is 0 Å². The Morgan fingerprint density at radius 3 is 2.93 bits per heavy atom. The van der Waals surface area contributed by atoms with E-state index in [2.05, 4.69) is 25.0 Å². The van der Waals surface area contributed by atoms with Gasteiger partial charge in [0, 0.05) is 12.1 Å². The zero-order chi connectivity index (χ0) is 10.1. The molecule has 0 atom stereocenters. The van der Waals surface area contributed by atoms with Crippen LogP contribution < -0.4 is 0 Å². The molecule has 0 spiro atoms. The van der Waals surface area contributed by atoms with E-state index in [0.29, 0.717) is 24.7 Å². The lowest BCUT2D eigenvalue weighted by Crippen LogP contribution is -2.10. The maximum absolute atomic E-state index is 11.4. The summed E-state index contributed by atoms with van der Waals surface area (Å²) in [7, 11) is 0. The minimum Gasteiger partial charge on any atom is -0.298 e. The fourth-order valence-electron chi connectivity index (χ4n) is 1.81. The fourth-order valence-corrected chi connectivity index (χ4v) is 1.81. The molecule has 0 N–H and O–H groups in total. The highest BCUT2D eigenvalue weighted by Gasteiger charge is 2.16. The smallest absolute Gasteiger partial charge is 0.154 e. The zero-order valence-electron chi connectivity index (χ0n) is 8.79. The van der Waals surface area contributed by atoms with E-state index in [9.17, 15) is 4.79 Å². The summed E-state index contributed by atoms with van der Waals surface area (Å²) in [6.07, 6.45) is 2.67. The topological polar surface area (TPSA) is 34.9 Å². The molecule has 2 heterocycles. The van der Waals surface area contributed by atoms with Crippen LogP contribution in [0.25, 0.3) is 0 Å². The van der Waals surface area contributed by atoms with Gasteiger partial charge < -0.3 is 0 Å². The minimum atomic E-state index is 0.308. The number of fused-ring (bicyclic) bond motifs is 1. The van der Waals surface area contributed by atoms with Gasteiger partial charge in [-0.25, -0.2) is 0 Å². The van der Waals surface area contributed by atoms with E-state index in [1.807, 2.05) is 4.68 Å². The average molecular weight is 192 g/mol. The molecule has 0 unspecified atom stereocenters. The van der Waals surface area contributed by atoms with Gasteiger partial charge in [-0.2, -0.15) is 5.10 Å². The Balaban J connectivity index is 2.31. The summed E-state index contributed by atoms with van der Waals surface area (Å²) < 4.78 is 1.88. The largest absolute Gasteiger partial charge is 0.298 e. The van der Waals surface area contributed by atoms with Gasteiger partial charge >= 0.3 is 0 Å². The molecule has 0 bridgehead atoms. The van der Waals surface area contributed by atoms with Gasteiger partial charge in [0.1, 0.15) is 0 Å². The van der Waals surface area contributed by atoms with Crippen LogP contribution in [-0.4, -0.2) is 15.6 Å². The third-order valence-corrected chi connectivity index (χ3v) is 2.69. The Kier molecular flexibility index (Phi) is 2.40. The lowest BCUT2D eigenvalue weighted by atomic mass is 10.1. The van der Waals surface area contributed by atoms with Crippen molar-refractivity contribution in [1.82, 2.24) is 9.78 Å². The third kappa shape index (κ3) is 1.72. The lowest BCUT2D eigenvalue weighted by Gasteiger charge is -2.00. The first-order valence-corrected chi connectivity index (χ1v) is 5.25. The molecule has 0 aliphatic carbocycles. The van der Waals surface area contributed by atoms with Crippen molar-refractivity contribution in [2.24, 2.45) is 0 Å². The summed E-state index contributed by atoms with van der Waals surface area (Å²) in [5.74, 6) is 0.756. The van der Waals surface area contributed by atoms with Crippen molar-refractivity contribution in [2.45, 2.75) is 45.6 Å². The number of ketones is 1. The van der Waals surface area contributed by atoms with E-state index in [1.54, 1.807) is 0 Å². The molecule has 1 aliphatic heterocycles. The van der Waals surface area contributed by atoms with E-state index in [1.165, 1.54) is 5.69 Å². The van der Waals surface area contributed by atoms with Crippen molar-refractivity contribution >= 4 is 5.78 Å². The van der Waals surface area contributed by atoms with Crippen LogP contribution in [0.1, 0.15) is 44.0 Å². The molecule has 2 rings (SSSR count). The van der Waals surface area contributed by atoms with Crippen molar-refractivity contribution in [3.05, 3.63) is 17.5 Å². The Labute approximate surface area is 84.1 Å². The van der Waals surface area contributed by atoms with Crippen molar-refractivity contribution < 1.29 is 4.79 Å². The van der Waals surface area contributed by atoms with Crippen LogP contribution in [-0.2, 0) is 17.8 Å². The van der Waals surface area contributed by atoms with Gasteiger partial charge in [0.25, 0.3) is 0 Å². The van der Waals surface area contributed by atoms with Gasteiger partial charge in [-0.05, 0) is 24.8 Å². The second-order valence-electron chi connectivity index (χ2n) is 4.27. The number of hydrogen-bond acceptors (Lipinski definition) is 2. The van der Waals surface area contributed by atoms with E-state index in [4.69, 9.17) is 0 Å². The molecule has 1 aromatic rings. The van der Waals surface area contributed by atoms with Crippen LogP contribution in [0.4, 0.5) is 0 Å². The molecule has 3 nitrogen and oxygen atoms in total. The van der Waals surface area contributed by atoms with Crippen LogP contribution >= 0.6 is 0 Å². The quantitative estimate of drug-likeness (QED) is 0.681. The normalized spacial score (nSPS) is 16.9. The first-order chi connectivity index (χ1) is 6.66. The standard InChI is InChI=1S/C11H16N2O/c1-8(2)11-6-9-4-3-5-10(14)7-13(9)12-11/h6,8H,3-5,7H2,1-2H3. The molecule has 14 heavy (non-hydrogen) atoms. The number of aryl methyl sites for hydroxylation is 1. The second-order valence-corrected chi connectivity index (χ2v) is 4.27. The monoisotopic (exact) mass is 192 g/mol. The molecule has 0 amide bonds. The molecule has 76 valence electrons. The van der Waals surface area contributed by atoms with Gasteiger partial charge in [-0.3, -0.25) is 9.48 Å². The van der Waals surface area contributed by atoms with Gasteiger partial charge in [0.05, 0.1) is 12.2 Å². The molecular formula is C11H16N2O. The molecule has 0 radical (unpaired) electrons. The van der Waals surface area contributed by atoms with Crippen molar-refractivity contribution in [1.29, 1.82) is 0 Å². The summed E-state index contributed by atoms with van der Waals surface area (Å²) in [6, 6.07) is 2.14. The van der Waals surface area contributed by atoms with Crippen molar-refractivity contribution in [2.75, 3.05) is 0 Å². The first-order valence-electron chi connectivity index (χ1n) is 5.25. The maximum Gasteiger partial charge on any atom is 0.154 e. The van der Waals surface area contributed by atoms with E-state index in [-0.39, 0.29) is 0 Å². The van der Waals surface area contributed by atoms with E-state index < -0.39 is 0 Å². The number of rotatable bonds is 1. The second kappa shape index (κ2) is 3.56. The Bertz CT molecular complexity index is 352. The molecule has 1 aromatic heterocycles. The predicted octanol–water partition coefficient (Wildman–Crippen LogP) is 1.91. The average Bonchev–Trinajstić information content (AvgIpc) is 2.42. The summed E-state index contributed by atoms with van der Waals surface area (Å²) in [6.45, 7) is 4.73. The number of nitrogens with zero attached hydrogens (tertiary/aromatic N) is 2. The summed E-state index contributed by atoms with van der Waals surface area (Å²) in [4.78, 5) is 11.4. The van der Waals surface area contributed by atoms with Gasteiger partial charge in [-0.1, -0.05) is 13.8 Å². The molecule has 3 heteroatoms. The molecule has 1 aliphatic rings. The van der Waals surface area contributed by atoms with Crippen LogP contribution in [0, 0.1) is 0 Å². The first kappa shape index (κ1) is 9.44. The molecular weight excluding hydrogens is 176 g/mol. The highest BCUT2D eigenvalue weighted by Crippen LogP contribution is 2.18. The lowest BCUT2D eigenvalue weighted by molar-refractivity contribution is -0.119. The van der Waals surface area contributed by atoms with E-state index in [0.717, 1.165) is 18.5 Å². The van der Waals surface area contributed by atoms with Crippen molar-refractivity contribution in [3.63, 3.8) is 0 Å². The van der Waals surface area contributed by atoms with Gasteiger partial charge in [0.2, 0.25) is 0 Å². The number of hydrogen-bond donors (Lipinski definition) is 0. The number of Topliss-reactive ketones (excluding diaryl/α,β-unsaturated/α-hetero) is 1. The SMILES string of the molecule is CC(C)c1cc2n(n1)CC(=O)CCC2. The van der Waals surface area contributed by atoms with Crippen LogP contribution in [0.3, 0.4) is 0 Å². The van der Waals surface area contributed by atoms with E-state index >= 15 is 0 Å². The third-order valence-electron chi connectivity index (χ3n) is 2.69. The Morgan fingerprint density at radius 1 is 1.43 bits per heavy atom.